The Hall–Kier alpha value is -2.16. The van der Waals surface area contributed by atoms with E-state index in [1.54, 1.807) is 14.2 Å². The minimum atomic E-state index is 0.676. The van der Waals surface area contributed by atoms with Crippen LogP contribution in [0.5, 0.6) is 23.0 Å². The summed E-state index contributed by atoms with van der Waals surface area (Å²) < 4.78 is 16.5. The molecular weight excluding hydrogens is 240 g/mol. The van der Waals surface area contributed by atoms with Crippen LogP contribution in [0.3, 0.4) is 0 Å². The number of hydrogen-bond acceptors (Lipinski definition) is 3. The number of methoxy groups -OCH3 is 2. The van der Waals surface area contributed by atoms with E-state index in [1.165, 1.54) is 0 Å². The molecule has 0 bridgehead atoms. The van der Waals surface area contributed by atoms with Gasteiger partial charge < -0.3 is 14.2 Å². The molecule has 0 aliphatic carbocycles. The average Bonchev–Trinajstić information content (AvgIpc) is 2.42. The summed E-state index contributed by atoms with van der Waals surface area (Å²) in [5.41, 5.74) is 2.25. The van der Waals surface area contributed by atoms with Crippen LogP contribution in [0.1, 0.15) is 11.1 Å². The van der Waals surface area contributed by atoms with Crippen LogP contribution in [0.4, 0.5) is 0 Å². The molecule has 0 unspecified atom stereocenters. The summed E-state index contributed by atoms with van der Waals surface area (Å²) in [6.45, 7) is 4.03. The largest absolute Gasteiger partial charge is 0.493 e. The molecule has 0 aliphatic heterocycles. The summed E-state index contributed by atoms with van der Waals surface area (Å²) in [6, 6.07) is 11.6. The first-order chi connectivity index (χ1) is 9.13. The van der Waals surface area contributed by atoms with Gasteiger partial charge in [-0.2, -0.15) is 0 Å². The van der Waals surface area contributed by atoms with Gasteiger partial charge in [0.15, 0.2) is 23.0 Å². The number of benzene rings is 2. The van der Waals surface area contributed by atoms with Gasteiger partial charge in [-0.1, -0.05) is 12.1 Å². The van der Waals surface area contributed by atoms with Gasteiger partial charge >= 0.3 is 0 Å². The first kappa shape index (κ1) is 13.3. The van der Waals surface area contributed by atoms with Crippen molar-refractivity contribution in [2.24, 2.45) is 0 Å². The summed E-state index contributed by atoms with van der Waals surface area (Å²) in [6.07, 6.45) is 0. The molecular formula is C16H18O3. The quantitative estimate of drug-likeness (QED) is 0.825. The van der Waals surface area contributed by atoms with Crippen LogP contribution in [-0.4, -0.2) is 14.2 Å². The highest BCUT2D eigenvalue weighted by Crippen LogP contribution is 2.37. The molecule has 100 valence electrons. The normalized spacial score (nSPS) is 10.1. The third kappa shape index (κ3) is 2.99. The molecule has 0 saturated carbocycles. The van der Waals surface area contributed by atoms with E-state index in [0.717, 1.165) is 11.1 Å². The molecule has 0 aromatic heterocycles. The van der Waals surface area contributed by atoms with Crippen molar-refractivity contribution in [1.29, 1.82) is 0 Å². The third-order valence-electron chi connectivity index (χ3n) is 2.86. The van der Waals surface area contributed by atoms with E-state index in [1.807, 2.05) is 50.2 Å². The van der Waals surface area contributed by atoms with Gasteiger partial charge in [0.1, 0.15) is 0 Å². The lowest BCUT2D eigenvalue weighted by Gasteiger charge is -2.13. The summed E-state index contributed by atoms with van der Waals surface area (Å²) >= 11 is 0. The molecule has 0 atom stereocenters. The first-order valence-electron chi connectivity index (χ1n) is 6.11. The Balaban J connectivity index is 2.36. The number of ether oxygens (including phenoxy) is 3. The predicted molar refractivity (Wildman–Crippen MR) is 75.5 cm³/mol. The van der Waals surface area contributed by atoms with Crippen molar-refractivity contribution in [3.63, 3.8) is 0 Å². The Morgan fingerprint density at radius 1 is 0.632 bits per heavy atom. The second-order valence-electron chi connectivity index (χ2n) is 4.41. The maximum absolute atomic E-state index is 5.88. The minimum Gasteiger partial charge on any atom is -0.493 e. The molecule has 2 aromatic carbocycles. The van der Waals surface area contributed by atoms with Crippen molar-refractivity contribution >= 4 is 0 Å². The van der Waals surface area contributed by atoms with E-state index >= 15 is 0 Å². The Morgan fingerprint density at radius 3 is 1.42 bits per heavy atom. The highest BCUT2D eigenvalue weighted by atomic mass is 16.5. The molecule has 2 aromatic rings. The SMILES string of the molecule is COc1cc(C)ccc1Oc1ccc(C)cc1OC. The summed E-state index contributed by atoms with van der Waals surface area (Å²) in [7, 11) is 3.27. The van der Waals surface area contributed by atoms with E-state index in [2.05, 4.69) is 0 Å². The van der Waals surface area contributed by atoms with Crippen LogP contribution in [0, 0.1) is 13.8 Å². The zero-order valence-electron chi connectivity index (χ0n) is 11.7. The standard InChI is InChI=1S/C16H18O3/c1-11-5-7-13(15(9-11)17-3)19-14-8-6-12(2)10-16(14)18-4/h5-10H,1-4H3. The Kier molecular flexibility index (Phi) is 3.95. The van der Waals surface area contributed by atoms with Gasteiger partial charge in [0, 0.05) is 0 Å². The molecule has 0 fully saturated rings. The smallest absolute Gasteiger partial charge is 0.169 e. The van der Waals surface area contributed by atoms with Gasteiger partial charge in [-0.15, -0.1) is 0 Å². The monoisotopic (exact) mass is 258 g/mol. The maximum Gasteiger partial charge on any atom is 0.169 e. The highest BCUT2D eigenvalue weighted by Gasteiger charge is 2.10. The van der Waals surface area contributed by atoms with Crippen LogP contribution in [-0.2, 0) is 0 Å². The highest BCUT2D eigenvalue weighted by molar-refractivity contribution is 5.49. The fourth-order valence-corrected chi connectivity index (χ4v) is 1.84. The van der Waals surface area contributed by atoms with E-state index in [4.69, 9.17) is 14.2 Å². The van der Waals surface area contributed by atoms with Gasteiger partial charge in [-0.3, -0.25) is 0 Å². The van der Waals surface area contributed by atoms with Gasteiger partial charge in [0.2, 0.25) is 0 Å². The van der Waals surface area contributed by atoms with Crippen molar-refractivity contribution in [3.8, 4) is 23.0 Å². The predicted octanol–water partition coefficient (Wildman–Crippen LogP) is 4.11. The summed E-state index contributed by atoms with van der Waals surface area (Å²) in [4.78, 5) is 0. The molecule has 3 heteroatoms. The summed E-state index contributed by atoms with van der Waals surface area (Å²) in [5.74, 6) is 2.77. The number of aryl methyl sites for hydroxylation is 2. The molecule has 0 saturated heterocycles. The summed E-state index contributed by atoms with van der Waals surface area (Å²) in [5, 5.41) is 0. The van der Waals surface area contributed by atoms with E-state index in [9.17, 15) is 0 Å². The van der Waals surface area contributed by atoms with E-state index in [-0.39, 0.29) is 0 Å². The topological polar surface area (TPSA) is 27.7 Å². The molecule has 0 N–H and O–H groups in total. The first-order valence-corrected chi connectivity index (χ1v) is 6.11. The number of rotatable bonds is 4. The van der Waals surface area contributed by atoms with Gasteiger partial charge in [-0.25, -0.2) is 0 Å². The molecule has 2 rings (SSSR count). The Bertz CT molecular complexity index is 525. The van der Waals surface area contributed by atoms with Crippen molar-refractivity contribution in [2.45, 2.75) is 13.8 Å². The van der Waals surface area contributed by atoms with E-state index in [0.29, 0.717) is 23.0 Å². The minimum absolute atomic E-state index is 0.676. The lowest BCUT2D eigenvalue weighted by molar-refractivity contribution is 0.356. The van der Waals surface area contributed by atoms with Crippen molar-refractivity contribution in [2.75, 3.05) is 14.2 Å². The van der Waals surface area contributed by atoms with E-state index < -0.39 is 0 Å². The molecule has 19 heavy (non-hydrogen) atoms. The van der Waals surface area contributed by atoms with Gasteiger partial charge in [0.05, 0.1) is 14.2 Å². The molecule has 3 nitrogen and oxygen atoms in total. The van der Waals surface area contributed by atoms with Crippen LogP contribution in [0.25, 0.3) is 0 Å². The zero-order chi connectivity index (χ0) is 13.8. The fourth-order valence-electron chi connectivity index (χ4n) is 1.84. The van der Waals surface area contributed by atoms with Crippen LogP contribution < -0.4 is 14.2 Å². The Labute approximate surface area is 113 Å². The second kappa shape index (κ2) is 5.65. The Morgan fingerprint density at radius 2 is 1.05 bits per heavy atom. The fraction of sp³-hybridized carbons (Fsp3) is 0.250. The molecule has 0 heterocycles. The van der Waals surface area contributed by atoms with Crippen molar-refractivity contribution in [3.05, 3.63) is 47.5 Å². The molecule has 0 amide bonds. The molecule has 0 aliphatic rings. The third-order valence-corrected chi connectivity index (χ3v) is 2.86. The van der Waals surface area contributed by atoms with Crippen molar-refractivity contribution < 1.29 is 14.2 Å². The van der Waals surface area contributed by atoms with Gasteiger partial charge in [0.25, 0.3) is 0 Å². The van der Waals surface area contributed by atoms with Crippen LogP contribution in [0.2, 0.25) is 0 Å². The zero-order valence-corrected chi connectivity index (χ0v) is 11.7. The lowest BCUT2D eigenvalue weighted by atomic mass is 10.2. The average molecular weight is 258 g/mol. The van der Waals surface area contributed by atoms with Gasteiger partial charge in [-0.05, 0) is 49.2 Å². The number of hydrogen-bond donors (Lipinski definition) is 0. The van der Waals surface area contributed by atoms with Crippen molar-refractivity contribution in [1.82, 2.24) is 0 Å². The van der Waals surface area contributed by atoms with Crippen LogP contribution in [0.15, 0.2) is 36.4 Å². The molecule has 0 spiro atoms. The second-order valence-corrected chi connectivity index (χ2v) is 4.41. The molecule has 0 radical (unpaired) electrons. The maximum atomic E-state index is 5.88. The lowest BCUT2D eigenvalue weighted by Crippen LogP contribution is -1.94. The van der Waals surface area contributed by atoms with Crippen LogP contribution >= 0.6 is 0 Å².